The Morgan fingerprint density at radius 2 is 2.27 bits per heavy atom. The summed E-state index contributed by atoms with van der Waals surface area (Å²) in [7, 11) is 0. The van der Waals surface area contributed by atoms with Gasteiger partial charge in [0.1, 0.15) is 6.04 Å². The van der Waals surface area contributed by atoms with Crippen LogP contribution in [0.15, 0.2) is 4.52 Å². The quantitative estimate of drug-likeness (QED) is 0.510. The zero-order chi connectivity index (χ0) is 8.43. The monoisotopic (exact) mass is 158 g/mol. The Morgan fingerprint density at radius 1 is 1.64 bits per heavy atom. The molecule has 1 heterocycles. The van der Waals surface area contributed by atoms with Gasteiger partial charge in [-0.3, -0.25) is 0 Å². The Balaban J connectivity index is 2.76. The van der Waals surface area contributed by atoms with E-state index >= 15 is 0 Å². The fraction of sp³-hybridized carbons (Fsp3) is 0.600. The summed E-state index contributed by atoms with van der Waals surface area (Å²) in [6, 6.07) is -0.667. The first-order valence-electron chi connectivity index (χ1n) is 3.14. The van der Waals surface area contributed by atoms with E-state index in [-0.39, 0.29) is 11.8 Å². The van der Waals surface area contributed by atoms with E-state index in [0.29, 0.717) is 0 Å². The van der Waals surface area contributed by atoms with Crippen LogP contribution >= 0.6 is 0 Å². The molecular weight excluding hydrogens is 148 g/mol. The lowest BCUT2D eigenvalue weighted by Crippen LogP contribution is -2.23. The van der Waals surface area contributed by atoms with Gasteiger partial charge in [-0.05, 0) is 12.1 Å². The summed E-state index contributed by atoms with van der Waals surface area (Å²) < 4.78 is 4.62. The van der Waals surface area contributed by atoms with Crippen LogP contribution in [0.1, 0.15) is 18.9 Å². The van der Waals surface area contributed by atoms with Gasteiger partial charge in [-0.2, -0.15) is 4.98 Å². The van der Waals surface area contributed by atoms with Crippen LogP contribution in [-0.4, -0.2) is 21.4 Å². The minimum Gasteiger partial charge on any atom is -0.391 e. The van der Waals surface area contributed by atoms with E-state index < -0.39 is 12.1 Å². The largest absolute Gasteiger partial charge is 0.391 e. The second-order valence-electron chi connectivity index (χ2n) is 2.26. The molecule has 1 aromatic rings. The van der Waals surface area contributed by atoms with Crippen LogP contribution in [0.4, 0.5) is 5.95 Å². The van der Waals surface area contributed by atoms with Crippen molar-refractivity contribution in [3.63, 3.8) is 0 Å². The maximum atomic E-state index is 8.99. The second-order valence-corrected chi connectivity index (χ2v) is 2.26. The smallest absolute Gasteiger partial charge is 0.260 e. The Labute approximate surface area is 63.2 Å². The Morgan fingerprint density at radius 3 is 2.64 bits per heavy atom. The lowest BCUT2D eigenvalue weighted by atomic mass is 10.2. The summed E-state index contributed by atoms with van der Waals surface area (Å²) in [5, 5.41) is 12.3. The van der Waals surface area contributed by atoms with Gasteiger partial charge < -0.3 is 21.1 Å². The van der Waals surface area contributed by atoms with Crippen molar-refractivity contribution in [3.05, 3.63) is 5.89 Å². The molecule has 0 aromatic carbocycles. The fourth-order valence-electron chi connectivity index (χ4n) is 0.589. The summed E-state index contributed by atoms with van der Waals surface area (Å²) in [6.45, 7) is 1.53. The molecule has 0 fully saturated rings. The van der Waals surface area contributed by atoms with Crippen LogP contribution in [0.2, 0.25) is 0 Å². The molecule has 0 saturated heterocycles. The maximum Gasteiger partial charge on any atom is 0.260 e. The number of hydrogen-bond donors (Lipinski definition) is 3. The molecule has 6 heteroatoms. The molecule has 2 atom stereocenters. The molecular formula is C5H10N4O2. The zero-order valence-electron chi connectivity index (χ0n) is 6.06. The van der Waals surface area contributed by atoms with Gasteiger partial charge in [0.05, 0.1) is 6.10 Å². The molecule has 5 N–H and O–H groups in total. The van der Waals surface area contributed by atoms with Gasteiger partial charge in [-0.1, -0.05) is 0 Å². The van der Waals surface area contributed by atoms with Gasteiger partial charge in [-0.15, -0.1) is 0 Å². The summed E-state index contributed by atoms with van der Waals surface area (Å²) >= 11 is 0. The van der Waals surface area contributed by atoms with Crippen LogP contribution in [0.25, 0.3) is 0 Å². The molecule has 1 rings (SSSR count). The highest BCUT2D eigenvalue weighted by Crippen LogP contribution is 2.11. The predicted molar refractivity (Wildman–Crippen MR) is 37.3 cm³/mol. The molecule has 11 heavy (non-hydrogen) atoms. The zero-order valence-corrected chi connectivity index (χ0v) is 6.06. The number of anilines is 1. The van der Waals surface area contributed by atoms with Crippen LogP contribution in [0.5, 0.6) is 0 Å². The minimum absolute atomic E-state index is 0.0242. The molecule has 62 valence electrons. The Bertz CT molecular complexity index is 234. The topological polar surface area (TPSA) is 111 Å². The summed E-state index contributed by atoms with van der Waals surface area (Å²) in [4.78, 5) is 3.65. The highest BCUT2D eigenvalue weighted by Gasteiger charge is 2.18. The highest BCUT2D eigenvalue weighted by atomic mass is 16.5. The number of nitrogens with two attached hydrogens (primary N) is 2. The van der Waals surface area contributed by atoms with E-state index in [1.54, 1.807) is 0 Å². The first-order valence-corrected chi connectivity index (χ1v) is 3.14. The number of hydrogen-bond acceptors (Lipinski definition) is 6. The van der Waals surface area contributed by atoms with E-state index in [1.165, 1.54) is 6.92 Å². The standard InChI is InChI=1S/C5H10N4O2/c1-2(10)3(6)4-8-5(7)9-11-4/h2-3,10H,6H2,1H3,(H2,7,9). The van der Waals surface area contributed by atoms with Crippen molar-refractivity contribution in [1.29, 1.82) is 0 Å². The SMILES string of the molecule is CC(O)C(N)c1nc(N)no1. The second kappa shape index (κ2) is 2.85. The summed E-state index contributed by atoms with van der Waals surface area (Å²) in [5.74, 6) is 0.175. The van der Waals surface area contributed by atoms with Crippen LogP contribution in [-0.2, 0) is 0 Å². The number of aliphatic hydroxyl groups excluding tert-OH is 1. The lowest BCUT2D eigenvalue weighted by Gasteiger charge is -2.07. The van der Waals surface area contributed by atoms with E-state index in [4.69, 9.17) is 16.6 Å². The normalized spacial score (nSPS) is 16.3. The lowest BCUT2D eigenvalue weighted by molar-refractivity contribution is 0.146. The van der Waals surface area contributed by atoms with Gasteiger partial charge in [-0.25, -0.2) is 0 Å². The summed E-state index contributed by atoms with van der Waals surface area (Å²) in [5.41, 5.74) is 10.6. The van der Waals surface area contributed by atoms with E-state index in [2.05, 4.69) is 14.7 Å². The minimum atomic E-state index is -0.727. The highest BCUT2D eigenvalue weighted by molar-refractivity contribution is 5.11. The first kappa shape index (κ1) is 7.96. The molecule has 0 radical (unpaired) electrons. The molecule has 0 aliphatic rings. The Hall–Kier alpha value is -1.14. The van der Waals surface area contributed by atoms with Crippen molar-refractivity contribution in [1.82, 2.24) is 10.1 Å². The summed E-state index contributed by atoms with van der Waals surface area (Å²) in [6.07, 6.45) is -0.727. The molecule has 0 spiro atoms. The van der Waals surface area contributed by atoms with Crippen LogP contribution in [0.3, 0.4) is 0 Å². The predicted octanol–water partition coefficient (Wildman–Crippen LogP) is -0.968. The van der Waals surface area contributed by atoms with E-state index in [9.17, 15) is 0 Å². The average Bonchev–Trinajstić information content (AvgIpc) is 2.34. The van der Waals surface area contributed by atoms with Gasteiger partial charge in [0.15, 0.2) is 0 Å². The van der Waals surface area contributed by atoms with Crippen molar-refractivity contribution in [2.75, 3.05) is 5.73 Å². The van der Waals surface area contributed by atoms with Crippen molar-refractivity contribution < 1.29 is 9.63 Å². The molecule has 0 aliphatic heterocycles. The number of rotatable bonds is 2. The van der Waals surface area contributed by atoms with Crippen LogP contribution in [0, 0.1) is 0 Å². The third-order valence-electron chi connectivity index (χ3n) is 1.26. The third-order valence-corrected chi connectivity index (χ3v) is 1.26. The van der Waals surface area contributed by atoms with Gasteiger partial charge in [0.25, 0.3) is 5.95 Å². The number of nitrogen functional groups attached to an aromatic ring is 1. The van der Waals surface area contributed by atoms with Crippen molar-refractivity contribution >= 4 is 5.95 Å². The van der Waals surface area contributed by atoms with Crippen LogP contribution < -0.4 is 11.5 Å². The third kappa shape index (κ3) is 1.66. The maximum absolute atomic E-state index is 8.99. The first-order chi connectivity index (χ1) is 5.11. The Kier molecular flexibility index (Phi) is 2.06. The molecule has 0 amide bonds. The number of aromatic nitrogens is 2. The van der Waals surface area contributed by atoms with Gasteiger partial charge in [0.2, 0.25) is 5.89 Å². The number of aliphatic hydroxyl groups is 1. The fourth-order valence-corrected chi connectivity index (χ4v) is 0.589. The average molecular weight is 158 g/mol. The molecule has 0 aliphatic carbocycles. The van der Waals surface area contributed by atoms with E-state index in [1.807, 2.05) is 0 Å². The molecule has 0 bridgehead atoms. The number of nitrogens with zero attached hydrogens (tertiary/aromatic N) is 2. The molecule has 1 aromatic heterocycles. The molecule has 6 nitrogen and oxygen atoms in total. The van der Waals surface area contributed by atoms with Gasteiger partial charge >= 0.3 is 0 Å². The van der Waals surface area contributed by atoms with Crippen molar-refractivity contribution in [3.8, 4) is 0 Å². The van der Waals surface area contributed by atoms with E-state index in [0.717, 1.165) is 0 Å². The molecule has 2 unspecified atom stereocenters. The van der Waals surface area contributed by atoms with Crippen molar-refractivity contribution in [2.24, 2.45) is 5.73 Å². The molecule has 0 saturated carbocycles. The van der Waals surface area contributed by atoms with Crippen molar-refractivity contribution in [2.45, 2.75) is 19.1 Å². The van der Waals surface area contributed by atoms with Gasteiger partial charge in [0, 0.05) is 0 Å².